The third-order valence-corrected chi connectivity index (χ3v) is 3.07. The minimum absolute atomic E-state index is 0.613. The third kappa shape index (κ3) is 2.40. The number of nitrogens with zero attached hydrogens (tertiary/aromatic N) is 1. The Morgan fingerprint density at radius 3 is 2.71 bits per heavy atom. The van der Waals surface area contributed by atoms with Crippen LogP contribution in [0.4, 0.5) is 0 Å². The number of aliphatic hydroxyl groups is 1. The van der Waals surface area contributed by atoms with E-state index in [1.165, 1.54) is 11.3 Å². The summed E-state index contributed by atoms with van der Waals surface area (Å²) in [5.41, 5.74) is 2.95. The fourth-order valence-electron chi connectivity index (χ4n) is 1.57. The van der Waals surface area contributed by atoms with Crippen molar-refractivity contribution in [1.82, 2.24) is 4.98 Å². The molecule has 1 aromatic carbocycles. The number of rotatable bonds is 4. The molecule has 0 radical (unpaired) electrons. The number of aliphatic hydroxyl groups excluding tert-OH is 1. The molecule has 2 aromatic rings. The van der Waals surface area contributed by atoms with E-state index in [1.54, 1.807) is 37.9 Å². The summed E-state index contributed by atoms with van der Waals surface area (Å²) in [5, 5.41) is 12.0. The standard InChI is InChI=1S/C12H13NO3S/c1-15-8-3-4-11(16-2)9(5-8)12(14)10-6-17-7-13-10/h3-7,12,14H,1-2H3. The van der Waals surface area contributed by atoms with E-state index < -0.39 is 6.10 Å². The number of hydrogen-bond donors (Lipinski definition) is 1. The number of thiazole rings is 1. The van der Waals surface area contributed by atoms with Crippen LogP contribution in [0.1, 0.15) is 17.4 Å². The molecule has 1 aromatic heterocycles. The van der Waals surface area contributed by atoms with E-state index in [4.69, 9.17) is 9.47 Å². The van der Waals surface area contributed by atoms with Crippen LogP contribution in [-0.4, -0.2) is 24.3 Å². The van der Waals surface area contributed by atoms with Gasteiger partial charge in [-0.1, -0.05) is 0 Å². The monoisotopic (exact) mass is 251 g/mol. The number of benzene rings is 1. The van der Waals surface area contributed by atoms with Crippen LogP contribution in [0.5, 0.6) is 11.5 Å². The fourth-order valence-corrected chi connectivity index (χ4v) is 2.14. The summed E-state index contributed by atoms with van der Waals surface area (Å²) in [6.45, 7) is 0. The third-order valence-electron chi connectivity index (χ3n) is 2.46. The maximum absolute atomic E-state index is 10.2. The molecule has 0 saturated carbocycles. The van der Waals surface area contributed by atoms with Gasteiger partial charge >= 0.3 is 0 Å². The van der Waals surface area contributed by atoms with Gasteiger partial charge < -0.3 is 14.6 Å². The maximum Gasteiger partial charge on any atom is 0.125 e. The van der Waals surface area contributed by atoms with E-state index in [1.807, 2.05) is 5.38 Å². The highest BCUT2D eigenvalue weighted by Crippen LogP contribution is 2.32. The average Bonchev–Trinajstić information content (AvgIpc) is 2.91. The van der Waals surface area contributed by atoms with Crippen LogP contribution < -0.4 is 9.47 Å². The molecule has 0 aliphatic rings. The van der Waals surface area contributed by atoms with Gasteiger partial charge in [-0.05, 0) is 18.2 Å². The molecule has 5 heteroatoms. The number of ether oxygens (including phenoxy) is 2. The van der Waals surface area contributed by atoms with Gasteiger partial charge in [-0.25, -0.2) is 4.98 Å². The summed E-state index contributed by atoms with van der Waals surface area (Å²) in [6.07, 6.45) is -0.800. The first-order chi connectivity index (χ1) is 8.26. The molecule has 1 unspecified atom stereocenters. The second-order valence-electron chi connectivity index (χ2n) is 3.42. The minimum Gasteiger partial charge on any atom is -0.497 e. The Hall–Kier alpha value is -1.59. The van der Waals surface area contributed by atoms with Crippen molar-refractivity contribution in [2.45, 2.75) is 6.10 Å². The van der Waals surface area contributed by atoms with Gasteiger partial charge in [-0.3, -0.25) is 0 Å². The van der Waals surface area contributed by atoms with Crippen molar-refractivity contribution in [3.8, 4) is 11.5 Å². The molecular weight excluding hydrogens is 238 g/mol. The van der Waals surface area contributed by atoms with Gasteiger partial charge in [0.2, 0.25) is 0 Å². The van der Waals surface area contributed by atoms with Crippen molar-refractivity contribution in [1.29, 1.82) is 0 Å². The highest BCUT2D eigenvalue weighted by atomic mass is 32.1. The summed E-state index contributed by atoms with van der Waals surface area (Å²) >= 11 is 1.44. The lowest BCUT2D eigenvalue weighted by Gasteiger charge is -2.14. The molecule has 1 heterocycles. The Kier molecular flexibility index (Phi) is 3.61. The highest BCUT2D eigenvalue weighted by Gasteiger charge is 2.17. The Balaban J connectivity index is 2.41. The van der Waals surface area contributed by atoms with Crippen LogP contribution in [0, 0.1) is 0 Å². The van der Waals surface area contributed by atoms with Crippen molar-refractivity contribution in [3.05, 3.63) is 40.3 Å². The Morgan fingerprint density at radius 2 is 2.12 bits per heavy atom. The van der Waals surface area contributed by atoms with Crippen LogP contribution in [0.3, 0.4) is 0 Å². The zero-order valence-electron chi connectivity index (χ0n) is 9.58. The Morgan fingerprint density at radius 1 is 1.29 bits per heavy atom. The van der Waals surface area contributed by atoms with Crippen LogP contribution in [-0.2, 0) is 0 Å². The lowest BCUT2D eigenvalue weighted by Crippen LogP contribution is -2.03. The Labute approximate surface area is 103 Å². The van der Waals surface area contributed by atoms with Gasteiger partial charge in [-0.15, -0.1) is 11.3 Å². The molecule has 2 rings (SSSR count). The van der Waals surface area contributed by atoms with Crippen LogP contribution in [0.25, 0.3) is 0 Å². The Bertz CT molecular complexity index is 485. The predicted octanol–water partition coefficient (Wildman–Crippen LogP) is 2.24. The van der Waals surface area contributed by atoms with Crippen molar-refractivity contribution in [3.63, 3.8) is 0 Å². The topological polar surface area (TPSA) is 51.6 Å². The zero-order valence-corrected chi connectivity index (χ0v) is 10.4. The quantitative estimate of drug-likeness (QED) is 0.905. The molecule has 17 heavy (non-hydrogen) atoms. The highest BCUT2D eigenvalue weighted by molar-refractivity contribution is 7.07. The minimum atomic E-state index is -0.800. The van der Waals surface area contributed by atoms with Crippen LogP contribution in [0.2, 0.25) is 0 Å². The van der Waals surface area contributed by atoms with Gasteiger partial charge in [0.05, 0.1) is 25.4 Å². The molecule has 4 nitrogen and oxygen atoms in total. The van der Waals surface area contributed by atoms with Crippen molar-refractivity contribution >= 4 is 11.3 Å². The lowest BCUT2D eigenvalue weighted by molar-refractivity contribution is 0.210. The molecule has 0 aliphatic heterocycles. The van der Waals surface area contributed by atoms with Crippen LogP contribution >= 0.6 is 11.3 Å². The van der Waals surface area contributed by atoms with Gasteiger partial charge in [-0.2, -0.15) is 0 Å². The van der Waals surface area contributed by atoms with E-state index in [9.17, 15) is 5.11 Å². The fraction of sp³-hybridized carbons (Fsp3) is 0.250. The molecule has 0 amide bonds. The second kappa shape index (κ2) is 5.16. The number of hydrogen-bond acceptors (Lipinski definition) is 5. The largest absolute Gasteiger partial charge is 0.497 e. The zero-order chi connectivity index (χ0) is 12.3. The molecule has 0 spiro atoms. The van der Waals surface area contributed by atoms with E-state index in [0.29, 0.717) is 22.8 Å². The molecule has 1 N–H and O–H groups in total. The first-order valence-electron chi connectivity index (χ1n) is 5.04. The normalized spacial score (nSPS) is 12.2. The SMILES string of the molecule is COc1ccc(OC)c(C(O)c2cscn2)c1. The first kappa shape index (κ1) is 11.9. The summed E-state index contributed by atoms with van der Waals surface area (Å²) < 4.78 is 10.4. The summed E-state index contributed by atoms with van der Waals surface area (Å²) in [7, 11) is 3.15. The van der Waals surface area contributed by atoms with Crippen molar-refractivity contribution < 1.29 is 14.6 Å². The van der Waals surface area contributed by atoms with E-state index in [2.05, 4.69) is 4.98 Å². The predicted molar refractivity (Wildman–Crippen MR) is 65.7 cm³/mol. The van der Waals surface area contributed by atoms with Gasteiger partial charge in [0.15, 0.2) is 0 Å². The molecular formula is C12H13NO3S. The van der Waals surface area contributed by atoms with Gasteiger partial charge in [0, 0.05) is 10.9 Å². The van der Waals surface area contributed by atoms with Gasteiger partial charge in [0.1, 0.15) is 17.6 Å². The molecule has 0 saturated heterocycles. The molecule has 1 atom stereocenters. The van der Waals surface area contributed by atoms with E-state index in [0.717, 1.165) is 0 Å². The summed E-state index contributed by atoms with van der Waals surface area (Å²) in [6, 6.07) is 5.31. The smallest absolute Gasteiger partial charge is 0.125 e. The molecule has 0 bridgehead atoms. The molecule has 90 valence electrons. The molecule has 0 fully saturated rings. The lowest BCUT2D eigenvalue weighted by atomic mass is 10.1. The maximum atomic E-state index is 10.2. The second-order valence-corrected chi connectivity index (χ2v) is 4.14. The van der Waals surface area contributed by atoms with E-state index >= 15 is 0 Å². The van der Waals surface area contributed by atoms with Crippen molar-refractivity contribution in [2.75, 3.05) is 14.2 Å². The van der Waals surface area contributed by atoms with E-state index in [-0.39, 0.29) is 0 Å². The first-order valence-corrected chi connectivity index (χ1v) is 5.98. The summed E-state index contributed by atoms with van der Waals surface area (Å²) in [5.74, 6) is 1.29. The number of methoxy groups -OCH3 is 2. The van der Waals surface area contributed by atoms with Crippen molar-refractivity contribution in [2.24, 2.45) is 0 Å². The average molecular weight is 251 g/mol. The number of aromatic nitrogens is 1. The summed E-state index contributed by atoms with van der Waals surface area (Å²) in [4.78, 5) is 4.10. The van der Waals surface area contributed by atoms with Gasteiger partial charge in [0.25, 0.3) is 0 Å². The molecule has 0 aliphatic carbocycles. The van der Waals surface area contributed by atoms with Crippen LogP contribution in [0.15, 0.2) is 29.1 Å².